The maximum atomic E-state index is 10.5. The highest BCUT2D eigenvalue weighted by Gasteiger charge is 2.12. The van der Waals surface area contributed by atoms with Gasteiger partial charge in [-0.25, -0.2) is 0 Å². The minimum Gasteiger partial charge on any atom is -0.481 e. The highest BCUT2D eigenvalue weighted by Crippen LogP contribution is 2.28. The van der Waals surface area contributed by atoms with Gasteiger partial charge in [-0.1, -0.05) is 23.9 Å². The van der Waals surface area contributed by atoms with Crippen LogP contribution < -0.4 is 5.73 Å². The first-order chi connectivity index (χ1) is 10.6. The normalized spacial score (nSPS) is 10.7. The minimum atomic E-state index is -0.918. The molecule has 22 heavy (non-hydrogen) atoms. The van der Waals surface area contributed by atoms with Crippen molar-refractivity contribution in [3.05, 3.63) is 36.4 Å². The Kier molecular flexibility index (Phi) is 3.84. The van der Waals surface area contributed by atoms with Gasteiger partial charge in [-0.15, -0.1) is 5.10 Å². The molecule has 2 aromatic heterocycles. The van der Waals surface area contributed by atoms with Crippen molar-refractivity contribution in [3.8, 4) is 22.9 Å². The summed E-state index contributed by atoms with van der Waals surface area (Å²) in [5, 5.41) is 15.7. The Bertz CT molecular complexity index is 812. The molecule has 3 aromatic rings. The van der Waals surface area contributed by atoms with Gasteiger partial charge in [0.15, 0.2) is 11.6 Å². The maximum absolute atomic E-state index is 10.5. The summed E-state index contributed by atoms with van der Waals surface area (Å²) in [7, 11) is 0. The fourth-order valence-corrected chi connectivity index (χ4v) is 2.38. The summed E-state index contributed by atoms with van der Waals surface area (Å²) in [4.78, 5) is 14.7. The fraction of sp³-hybridized carbons (Fsp3) is 0.0714. The van der Waals surface area contributed by atoms with E-state index in [2.05, 4.69) is 15.2 Å². The lowest BCUT2D eigenvalue weighted by atomic mass is 10.1. The molecule has 0 saturated heterocycles. The number of nitrogens with one attached hydrogen (secondary N) is 1. The summed E-state index contributed by atoms with van der Waals surface area (Å²) in [5.74, 6) is 0.621. The van der Waals surface area contributed by atoms with Crippen LogP contribution in [0.2, 0.25) is 0 Å². The monoisotopic (exact) mass is 316 g/mol. The second kappa shape index (κ2) is 5.94. The number of rotatable bonds is 5. The Balaban J connectivity index is 1.80. The van der Waals surface area contributed by atoms with E-state index >= 15 is 0 Å². The van der Waals surface area contributed by atoms with Gasteiger partial charge in [0.25, 0.3) is 0 Å². The van der Waals surface area contributed by atoms with E-state index in [1.54, 1.807) is 12.1 Å². The third-order valence-corrected chi connectivity index (χ3v) is 3.63. The molecule has 1 aromatic carbocycles. The number of hydrogen-bond donors (Lipinski definition) is 3. The second-order valence-corrected chi connectivity index (χ2v) is 5.38. The lowest BCUT2D eigenvalue weighted by Crippen LogP contribution is -1.97. The minimum absolute atomic E-state index is 0.0933. The summed E-state index contributed by atoms with van der Waals surface area (Å²) in [6, 6.07) is 10.9. The molecule has 2 heterocycles. The first kappa shape index (κ1) is 14.2. The van der Waals surface area contributed by atoms with Crippen molar-refractivity contribution in [1.29, 1.82) is 0 Å². The third-order valence-electron chi connectivity index (χ3n) is 2.80. The zero-order valence-electron chi connectivity index (χ0n) is 11.3. The molecule has 0 aliphatic heterocycles. The zero-order chi connectivity index (χ0) is 15.5. The van der Waals surface area contributed by atoms with Crippen molar-refractivity contribution in [2.24, 2.45) is 0 Å². The number of aliphatic carboxylic acids is 1. The number of aromatic nitrogens is 3. The van der Waals surface area contributed by atoms with Crippen LogP contribution in [0.25, 0.3) is 22.9 Å². The molecule has 0 spiro atoms. The summed E-state index contributed by atoms with van der Waals surface area (Å²) in [6.07, 6.45) is 0. The molecule has 7 nitrogen and oxygen atoms in total. The van der Waals surface area contributed by atoms with Crippen molar-refractivity contribution >= 4 is 23.4 Å². The first-order valence-electron chi connectivity index (χ1n) is 6.35. The smallest absolute Gasteiger partial charge is 0.313 e. The predicted octanol–water partition coefficient (Wildman–Crippen LogP) is 2.49. The van der Waals surface area contributed by atoms with E-state index in [-0.39, 0.29) is 5.75 Å². The van der Waals surface area contributed by atoms with Gasteiger partial charge in [0.2, 0.25) is 5.16 Å². The topological polar surface area (TPSA) is 118 Å². The molecule has 0 unspecified atom stereocenters. The van der Waals surface area contributed by atoms with Crippen molar-refractivity contribution in [1.82, 2.24) is 15.2 Å². The molecule has 0 fully saturated rings. The number of furan rings is 1. The number of carboxylic acids is 1. The highest BCUT2D eigenvalue weighted by atomic mass is 32.2. The Morgan fingerprint density at radius 1 is 1.32 bits per heavy atom. The number of nitrogens with two attached hydrogens (primary N) is 1. The molecule has 112 valence electrons. The van der Waals surface area contributed by atoms with Crippen LogP contribution in [-0.2, 0) is 4.79 Å². The van der Waals surface area contributed by atoms with Gasteiger partial charge in [0.1, 0.15) is 5.76 Å². The van der Waals surface area contributed by atoms with Gasteiger partial charge in [0, 0.05) is 11.3 Å². The predicted molar refractivity (Wildman–Crippen MR) is 82.3 cm³/mol. The number of nitrogens with zero attached hydrogens (tertiary/aromatic N) is 2. The van der Waals surface area contributed by atoms with Gasteiger partial charge >= 0.3 is 5.97 Å². The number of carboxylic acid groups (broad SMARTS) is 1. The molecular weight excluding hydrogens is 304 g/mol. The maximum Gasteiger partial charge on any atom is 0.313 e. The second-order valence-electron chi connectivity index (χ2n) is 4.44. The SMILES string of the molecule is Nc1cccc(-c2ccc(-c3nc(SCC(=O)O)n[nH]3)o2)c1. The van der Waals surface area contributed by atoms with Crippen molar-refractivity contribution in [2.75, 3.05) is 11.5 Å². The lowest BCUT2D eigenvalue weighted by molar-refractivity contribution is -0.133. The number of benzene rings is 1. The van der Waals surface area contributed by atoms with E-state index in [0.717, 1.165) is 17.3 Å². The van der Waals surface area contributed by atoms with E-state index in [1.807, 2.05) is 24.3 Å². The molecular formula is C14H12N4O3S. The van der Waals surface area contributed by atoms with Crippen LogP contribution in [0.5, 0.6) is 0 Å². The Morgan fingerprint density at radius 2 is 2.14 bits per heavy atom. The van der Waals surface area contributed by atoms with Crippen molar-refractivity contribution in [2.45, 2.75) is 5.16 Å². The van der Waals surface area contributed by atoms with Crippen LogP contribution in [0.1, 0.15) is 0 Å². The summed E-state index contributed by atoms with van der Waals surface area (Å²) in [6.45, 7) is 0. The Labute approximate surface area is 129 Å². The summed E-state index contributed by atoms with van der Waals surface area (Å²) >= 11 is 1.04. The number of nitrogen functional groups attached to an aromatic ring is 1. The zero-order valence-corrected chi connectivity index (χ0v) is 12.1. The molecule has 0 saturated carbocycles. The van der Waals surface area contributed by atoms with Gasteiger partial charge in [-0.05, 0) is 24.3 Å². The summed E-state index contributed by atoms with van der Waals surface area (Å²) in [5.41, 5.74) is 7.28. The van der Waals surface area contributed by atoms with Crippen LogP contribution >= 0.6 is 11.8 Å². The van der Waals surface area contributed by atoms with Crippen molar-refractivity contribution in [3.63, 3.8) is 0 Å². The summed E-state index contributed by atoms with van der Waals surface area (Å²) < 4.78 is 5.73. The van der Waals surface area contributed by atoms with Gasteiger partial charge in [-0.2, -0.15) is 4.98 Å². The molecule has 0 aliphatic carbocycles. The molecule has 0 radical (unpaired) electrons. The molecule has 4 N–H and O–H groups in total. The van der Waals surface area contributed by atoms with Crippen LogP contribution in [-0.4, -0.2) is 32.0 Å². The largest absolute Gasteiger partial charge is 0.481 e. The highest BCUT2D eigenvalue weighted by molar-refractivity contribution is 7.99. The fourth-order valence-electron chi connectivity index (χ4n) is 1.86. The Hall–Kier alpha value is -2.74. The lowest BCUT2D eigenvalue weighted by Gasteiger charge is -1.98. The average molecular weight is 316 g/mol. The number of carbonyl (C=O) groups is 1. The first-order valence-corrected chi connectivity index (χ1v) is 7.33. The van der Waals surface area contributed by atoms with Gasteiger partial charge in [-0.3, -0.25) is 9.89 Å². The molecule has 0 aliphatic rings. The number of thioether (sulfide) groups is 1. The van der Waals surface area contributed by atoms with E-state index in [9.17, 15) is 4.79 Å². The number of H-pyrrole nitrogens is 1. The molecule has 3 rings (SSSR count). The quantitative estimate of drug-likeness (QED) is 0.489. The van der Waals surface area contributed by atoms with E-state index in [1.165, 1.54) is 0 Å². The molecule has 0 atom stereocenters. The molecule has 0 amide bonds. The number of anilines is 1. The van der Waals surface area contributed by atoms with Crippen LogP contribution in [0, 0.1) is 0 Å². The average Bonchev–Trinajstić information content (AvgIpc) is 3.14. The van der Waals surface area contributed by atoms with Gasteiger partial charge < -0.3 is 15.3 Å². The number of aromatic amines is 1. The third kappa shape index (κ3) is 3.12. The number of hydrogen-bond acceptors (Lipinski definition) is 6. The van der Waals surface area contributed by atoms with E-state index < -0.39 is 5.97 Å². The van der Waals surface area contributed by atoms with Crippen molar-refractivity contribution < 1.29 is 14.3 Å². The molecule has 0 bridgehead atoms. The van der Waals surface area contributed by atoms with E-state index in [4.69, 9.17) is 15.3 Å². The van der Waals surface area contributed by atoms with Crippen LogP contribution in [0.3, 0.4) is 0 Å². The van der Waals surface area contributed by atoms with E-state index in [0.29, 0.717) is 28.2 Å². The van der Waals surface area contributed by atoms with Crippen LogP contribution in [0.4, 0.5) is 5.69 Å². The van der Waals surface area contributed by atoms with Gasteiger partial charge in [0.05, 0.1) is 5.75 Å². The standard InChI is InChI=1S/C14H12N4O3S/c15-9-3-1-2-8(6-9)10-4-5-11(21-10)13-16-14(18-17-13)22-7-12(19)20/h1-6H,7,15H2,(H,19,20)(H,16,17,18). The Morgan fingerprint density at radius 3 is 2.91 bits per heavy atom. The molecule has 8 heteroatoms. The van der Waals surface area contributed by atoms with Crippen LogP contribution in [0.15, 0.2) is 46.0 Å².